The highest BCUT2D eigenvalue weighted by Gasteiger charge is 2.25. The van der Waals surface area contributed by atoms with Crippen LogP contribution >= 0.6 is 23.2 Å². The first-order valence-electron chi connectivity index (χ1n) is 8.20. The number of benzene rings is 1. The van der Waals surface area contributed by atoms with Gasteiger partial charge in [0.15, 0.2) is 6.10 Å². The van der Waals surface area contributed by atoms with Crippen molar-refractivity contribution < 1.29 is 9.53 Å². The Kier molecular flexibility index (Phi) is 6.76. The molecule has 2 unspecified atom stereocenters. The molecule has 1 aliphatic rings. The number of hydrogen-bond acceptors (Lipinski definition) is 2. The maximum Gasteiger partial charge on any atom is 0.261 e. The van der Waals surface area contributed by atoms with Crippen LogP contribution in [0.25, 0.3) is 0 Å². The van der Waals surface area contributed by atoms with Gasteiger partial charge in [0.1, 0.15) is 5.75 Å². The van der Waals surface area contributed by atoms with Gasteiger partial charge in [-0.15, -0.1) is 0 Å². The highest BCUT2D eigenvalue weighted by molar-refractivity contribution is 6.35. The van der Waals surface area contributed by atoms with Crippen LogP contribution in [0.5, 0.6) is 5.75 Å². The standard InChI is InChI=1S/C19H23Cl2NO2/c1-4-13-7-6-8-16(12(13)3)22-19(23)17(5-2)24-18-10-9-14(20)11-15(18)21/h4,9-11,16-17H,1,5-8H2,2-3H3,(H,22,23). The zero-order chi connectivity index (χ0) is 17.7. The van der Waals surface area contributed by atoms with E-state index in [4.69, 9.17) is 27.9 Å². The van der Waals surface area contributed by atoms with Gasteiger partial charge in [-0.1, -0.05) is 42.8 Å². The quantitative estimate of drug-likeness (QED) is 0.738. The molecule has 2 rings (SSSR count). The molecule has 0 saturated carbocycles. The Morgan fingerprint density at radius 2 is 2.25 bits per heavy atom. The van der Waals surface area contributed by atoms with E-state index in [9.17, 15) is 4.79 Å². The second-order valence-corrected chi connectivity index (χ2v) is 6.80. The highest BCUT2D eigenvalue weighted by atomic mass is 35.5. The molecular weight excluding hydrogens is 345 g/mol. The van der Waals surface area contributed by atoms with Crippen molar-refractivity contribution in [1.29, 1.82) is 0 Å². The van der Waals surface area contributed by atoms with Gasteiger partial charge in [-0.25, -0.2) is 0 Å². The molecule has 5 heteroatoms. The third-order valence-electron chi connectivity index (χ3n) is 4.36. The van der Waals surface area contributed by atoms with Crippen LogP contribution in [0.3, 0.4) is 0 Å². The largest absolute Gasteiger partial charge is 0.479 e. The number of carbonyl (C=O) groups is 1. The summed E-state index contributed by atoms with van der Waals surface area (Å²) >= 11 is 12.0. The highest BCUT2D eigenvalue weighted by Crippen LogP contribution is 2.29. The average Bonchev–Trinajstić information content (AvgIpc) is 2.56. The van der Waals surface area contributed by atoms with E-state index >= 15 is 0 Å². The Morgan fingerprint density at radius 3 is 2.88 bits per heavy atom. The summed E-state index contributed by atoms with van der Waals surface area (Å²) in [5, 5.41) is 4.03. The van der Waals surface area contributed by atoms with Crippen LogP contribution in [0.15, 0.2) is 42.0 Å². The van der Waals surface area contributed by atoms with E-state index in [2.05, 4.69) is 18.8 Å². The molecule has 24 heavy (non-hydrogen) atoms. The Bertz CT molecular complexity index is 655. The van der Waals surface area contributed by atoms with E-state index in [0.717, 1.165) is 19.3 Å². The summed E-state index contributed by atoms with van der Waals surface area (Å²) in [4.78, 5) is 12.6. The van der Waals surface area contributed by atoms with Gasteiger partial charge < -0.3 is 10.1 Å². The Labute approximate surface area is 153 Å². The normalized spacial score (nSPS) is 18.9. The van der Waals surface area contributed by atoms with Gasteiger partial charge in [0.2, 0.25) is 0 Å². The van der Waals surface area contributed by atoms with Crippen LogP contribution < -0.4 is 10.1 Å². The first-order chi connectivity index (χ1) is 11.5. The molecular formula is C19H23Cl2NO2. The molecule has 1 aromatic rings. The van der Waals surface area contributed by atoms with Crippen LogP contribution in [0, 0.1) is 0 Å². The molecule has 2 atom stereocenters. The van der Waals surface area contributed by atoms with Gasteiger partial charge >= 0.3 is 0 Å². The molecule has 0 saturated heterocycles. The number of amides is 1. The molecule has 1 aromatic carbocycles. The van der Waals surface area contributed by atoms with E-state index in [0.29, 0.717) is 22.2 Å². The molecule has 0 aliphatic heterocycles. The van der Waals surface area contributed by atoms with Gasteiger partial charge in [-0.2, -0.15) is 0 Å². The van der Waals surface area contributed by atoms with Crippen molar-refractivity contribution in [1.82, 2.24) is 5.32 Å². The smallest absolute Gasteiger partial charge is 0.261 e. The Morgan fingerprint density at radius 1 is 1.50 bits per heavy atom. The molecule has 0 heterocycles. The molecule has 1 aliphatic carbocycles. The third kappa shape index (κ3) is 4.55. The molecule has 1 amide bonds. The number of nitrogens with one attached hydrogen (secondary N) is 1. The lowest BCUT2D eigenvalue weighted by molar-refractivity contribution is -0.128. The molecule has 0 fully saturated rings. The molecule has 0 spiro atoms. The van der Waals surface area contributed by atoms with E-state index < -0.39 is 6.10 Å². The molecule has 3 nitrogen and oxygen atoms in total. The van der Waals surface area contributed by atoms with Crippen LogP contribution in [0.2, 0.25) is 10.0 Å². The maximum absolute atomic E-state index is 12.6. The lowest BCUT2D eigenvalue weighted by Crippen LogP contribution is -2.45. The van der Waals surface area contributed by atoms with Crippen molar-refractivity contribution in [2.75, 3.05) is 0 Å². The second-order valence-electron chi connectivity index (χ2n) is 5.96. The van der Waals surface area contributed by atoms with Crippen molar-refractivity contribution in [3.8, 4) is 5.75 Å². The van der Waals surface area contributed by atoms with Gasteiger partial charge in [0.05, 0.1) is 11.1 Å². The van der Waals surface area contributed by atoms with Crippen LogP contribution in [0.1, 0.15) is 39.5 Å². The van der Waals surface area contributed by atoms with Crippen molar-refractivity contribution in [2.45, 2.75) is 51.7 Å². The zero-order valence-corrected chi connectivity index (χ0v) is 15.6. The summed E-state index contributed by atoms with van der Waals surface area (Å²) < 4.78 is 5.80. The summed E-state index contributed by atoms with van der Waals surface area (Å²) in [6.45, 7) is 7.82. The van der Waals surface area contributed by atoms with Crippen LogP contribution in [-0.2, 0) is 4.79 Å². The topological polar surface area (TPSA) is 38.3 Å². The van der Waals surface area contributed by atoms with Gasteiger partial charge in [0, 0.05) is 5.02 Å². The molecule has 0 bridgehead atoms. The SMILES string of the molecule is C=CC1=C(C)C(NC(=O)C(CC)Oc2ccc(Cl)cc2Cl)CCC1. The summed E-state index contributed by atoms with van der Waals surface area (Å²) in [6.07, 6.45) is 4.85. The predicted molar refractivity (Wildman–Crippen MR) is 99.8 cm³/mol. The van der Waals surface area contributed by atoms with Gasteiger partial charge in [-0.05, 0) is 62.0 Å². The minimum absolute atomic E-state index is 0.0394. The number of allylic oxidation sites excluding steroid dienone is 2. The fourth-order valence-corrected chi connectivity index (χ4v) is 3.34. The van der Waals surface area contributed by atoms with E-state index in [1.807, 2.05) is 13.0 Å². The van der Waals surface area contributed by atoms with Crippen LogP contribution in [0.4, 0.5) is 0 Å². The lowest BCUT2D eigenvalue weighted by Gasteiger charge is -2.28. The number of rotatable bonds is 6. The lowest BCUT2D eigenvalue weighted by atomic mass is 9.88. The first kappa shape index (κ1) is 18.9. The minimum Gasteiger partial charge on any atom is -0.479 e. The summed E-state index contributed by atoms with van der Waals surface area (Å²) in [5.41, 5.74) is 2.41. The molecule has 1 N–H and O–H groups in total. The third-order valence-corrected chi connectivity index (χ3v) is 4.89. The van der Waals surface area contributed by atoms with Crippen molar-refractivity contribution >= 4 is 29.1 Å². The summed E-state index contributed by atoms with van der Waals surface area (Å²) in [5.74, 6) is 0.337. The Hall–Kier alpha value is -1.45. The van der Waals surface area contributed by atoms with Crippen molar-refractivity contribution in [3.05, 3.63) is 52.0 Å². The molecule has 0 radical (unpaired) electrons. The van der Waals surface area contributed by atoms with Crippen molar-refractivity contribution in [2.24, 2.45) is 0 Å². The Balaban J connectivity index is 2.07. The minimum atomic E-state index is -0.592. The van der Waals surface area contributed by atoms with E-state index in [-0.39, 0.29) is 11.9 Å². The molecule has 130 valence electrons. The maximum atomic E-state index is 12.6. The van der Waals surface area contributed by atoms with Crippen LogP contribution in [-0.4, -0.2) is 18.1 Å². The number of ether oxygens (including phenoxy) is 1. The zero-order valence-electron chi connectivity index (χ0n) is 14.1. The molecule has 0 aromatic heterocycles. The average molecular weight is 368 g/mol. The number of halogens is 2. The van der Waals surface area contributed by atoms with Gasteiger partial charge in [-0.3, -0.25) is 4.79 Å². The predicted octanol–water partition coefficient (Wildman–Crippen LogP) is 5.32. The fourth-order valence-electron chi connectivity index (χ4n) is 2.89. The van der Waals surface area contributed by atoms with Crippen molar-refractivity contribution in [3.63, 3.8) is 0 Å². The first-order valence-corrected chi connectivity index (χ1v) is 8.96. The number of hydrogen-bond donors (Lipinski definition) is 1. The monoisotopic (exact) mass is 367 g/mol. The van der Waals surface area contributed by atoms with E-state index in [1.165, 1.54) is 11.1 Å². The summed E-state index contributed by atoms with van der Waals surface area (Å²) in [6, 6.07) is 5.02. The fraction of sp³-hybridized carbons (Fsp3) is 0.421. The number of carbonyl (C=O) groups excluding carboxylic acids is 1. The van der Waals surface area contributed by atoms with Gasteiger partial charge in [0.25, 0.3) is 5.91 Å². The summed E-state index contributed by atoms with van der Waals surface area (Å²) in [7, 11) is 0. The second kappa shape index (κ2) is 8.59. The van der Waals surface area contributed by atoms with E-state index in [1.54, 1.807) is 18.2 Å².